The van der Waals surface area contributed by atoms with Crippen LogP contribution in [-0.4, -0.2) is 25.4 Å². The van der Waals surface area contributed by atoms with Crippen LogP contribution in [0.1, 0.15) is 22.2 Å². The fraction of sp³-hybridized carbons (Fsp3) is 0.182. The molecule has 0 fully saturated rings. The number of ether oxygens (including phenoxy) is 2. The standard InChI is InChI=1S/C22H21NO3S2/c1-3-26-22(24)19(23-15-16-8-10-17(25-2)11-9-16)14-18(20-6-4-12-27-20)21-7-5-13-28-21/h4-14H,3,15H2,1-2H3. The topological polar surface area (TPSA) is 47.9 Å². The Labute approximate surface area is 172 Å². The van der Waals surface area contributed by atoms with Gasteiger partial charge in [-0.25, -0.2) is 4.79 Å². The van der Waals surface area contributed by atoms with Gasteiger partial charge in [0.25, 0.3) is 0 Å². The molecule has 0 saturated heterocycles. The van der Waals surface area contributed by atoms with Crippen molar-refractivity contribution in [1.82, 2.24) is 0 Å². The van der Waals surface area contributed by atoms with Gasteiger partial charge in [0.2, 0.25) is 0 Å². The van der Waals surface area contributed by atoms with Gasteiger partial charge in [-0.05, 0) is 53.6 Å². The second kappa shape index (κ2) is 10.0. The van der Waals surface area contributed by atoms with E-state index in [1.54, 1.807) is 36.7 Å². The van der Waals surface area contributed by atoms with E-state index >= 15 is 0 Å². The van der Waals surface area contributed by atoms with Crippen LogP contribution in [0.25, 0.3) is 5.57 Å². The second-order valence-corrected chi connectivity index (χ2v) is 7.68. The molecule has 3 rings (SSSR count). The fourth-order valence-electron chi connectivity index (χ4n) is 2.55. The Morgan fingerprint density at radius 1 is 1.04 bits per heavy atom. The van der Waals surface area contributed by atoms with Gasteiger partial charge in [0.05, 0.1) is 20.3 Å². The second-order valence-electron chi connectivity index (χ2n) is 5.78. The molecule has 0 aliphatic carbocycles. The summed E-state index contributed by atoms with van der Waals surface area (Å²) in [5, 5.41) is 4.05. The Morgan fingerprint density at radius 3 is 2.18 bits per heavy atom. The Hall–Kier alpha value is -2.70. The molecule has 4 nitrogen and oxygen atoms in total. The van der Waals surface area contributed by atoms with E-state index in [-0.39, 0.29) is 0 Å². The van der Waals surface area contributed by atoms with E-state index in [4.69, 9.17) is 9.47 Å². The average Bonchev–Trinajstić information content (AvgIpc) is 3.43. The van der Waals surface area contributed by atoms with Crippen molar-refractivity contribution < 1.29 is 14.3 Å². The molecule has 0 aliphatic rings. The molecule has 0 amide bonds. The molecule has 2 aromatic heterocycles. The van der Waals surface area contributed by atoms with E-state index in [0.717, 1.165) is 26.6 Å². The molecular weight excluding hydrogens is 390 g/mol. The molecule has 0 aliphatic heterocycles. The maximum atomic E-state index is 12.5. The van der Waals surface area contributed by atoms with Crippen LogP contribution in [0.4, 0.5) is 0 Å². The minimum atomic E-state index is -0.415. The van der Waals surface area contributed by atoms with Gasteiger partial charge in [0, 0.05) is 15.3 Å². The van der Waals surface area contributed by atoms with E-state index < -0.39 is 5.97 Å². The fourth-order valence-corrected chi connectivity index (χ4v) is 4.12. The first-order valence-electron chi connectivity index (χ1n) is 8.85. The molecule has 6 heteroatoms. The average molecular weight is 412 g/mol. The number of methoxy groups -OCH3 is 1. The molecule has 0 saturated carbocycles. The summed E-state index contributed by atoms with van der Waals surface area (Å²) in [6.07, 6.45) is 1.83. The van der Waals surface area contributed by atoms with E-state index in [9.17, 15) is 4.79 Å². The Morgan fingerprint density at radius 2 is 1.68 bits per heavy atom. The number of hydrogen-bond acceptors (Lipinski definition) is 6. The Bertz CT molecular complexity index is 904. The number of hydrogen-bond donors (Lipinski definition) is 0. The monoisotopic (exact) mass is 411 g/mol. The molecule has 28 heavy (non-hydrogen) atoms. The number of rotatable bonds is 8. The van der Waals surface area contributed by atoms with Crippen molar-refractivity contribution in [2.45, 2.75) is 13.5 Å². The van der Waals surface area contributed by atoms with Crippen LogP contribution in [0.2, 0.25) is 0 Å². The number of nitrogens with zero attached hydrogens (tertiary/aromatic N) is 1. The van der Waals surface area contributed by atoms with Gasteiger partial charge in [0.1, 0.15) is 11.5 Å². The van der Waals surface area contributed by atoms with Crippen LogP contribution in [0, 0.1) is 0 Å². The summed E-state index contributed by atoms with van der Waals surface area (Å²) >= 11 is 3.26. The van der Waals surface area contributed by atoms with Crippen molar-refractivity contribution in [3.05, 3.63) is 80.7 Å². The molecular formula is C22H21NO3S2. The number of aliphatic imine (C=N–C) groups is 1. The Kier molecular flexibility index (Phi) is 7.17. The number of carbonyl (C=O) groups is 1. The summed E-state index contributed by atoms with van der Waals surface area (Å²) in [5.41, 5.74) is 2.28. The highest BCUT2D eigenvalue weighted by atomic mass is 32.1. The number of benzene rings is 1. The highest BCUT2D eigenvalue weighted by molar-refractivity contribution is 7.13. The summed E-state index contributed by atoms with van der Waals surface area (Å²) in [6, 6.07) is 15.7. The van der Waals surface area contributed by atoms with Crippen molar-refractivity contribution in [2.24, 2.45) is 4.99 Å². The van der Waals surface area contributed by atoms with E-state index in [2.05, 4.69) is 4.99 Å². The molecule has 0 radical (unpaired) electrons. The van der Waals surface area contributed by atoms with Crippen LogP contribution in [-0.2, 0) is 16.1 Å². The highest BCUT2D eigenvalue weighted by Gasteiger charge is 2.15. The smallest absolute Gasteiger partial charge is 0.356 e. The maximum Gasteiger partial charge on any atom is 0.356 e. The van der Waals surface area contributed by atoms with Crippen molar-refractivity contribution in [1.29, 1.82) is 0 Å². The predicted molar refractivity (Wildman–Crippen MR) is 116 cm³/mol. The van der Waals surface area contributed by atoms with Crippen LogP contribution in [0.3, 0.4) is 0 Å². The molecule has 1 aromatic carbocycles. The number of thiophene rings is 2. The summed E-state index contributed by atoms with van der Waals surface area (Å²) < 4.78 is 10.4. The minimum absolute atomic E-state index is 0.307. The quantitative estimate of drug-likeness (QED) is 0.366. The van der Waals surface area contributed by atoms with Gasteiger partial charge in [-0.2, -0.15) is 0 Å². The van der Waals surface area contributed by atoms with Gasteiger partial charge in [-0.1, -0.05) is 24.3 Å². The summed E-state index contributed by atoms with van der Waals surface area (Å²) in [5.74, 6) is 0.373. The van der Waals surface area contributed by atoms with E-state index in [0.29, 0.717) is 18.9 Å². The molecule has 0 bridgehead atoms. The summed E-state index contributed by atoms with van der Waals surface area (Å²) in [4.78, 5) is 19.3. The third-order valence-electron chi connectivity index (χ3n) is 3.93. The third kappa shape index (κ3) is 5.18. The van der Waals surface area contributed by atoms with Crippen molar-refractivity contribution >= 4 is 39.9 Å². The normalized spacial score (nSPS) is 11.1. The first kappa shape index (κ1) is 20.0. The predicted octanol–water partition coefficient (Wildman–Crippen LogP) is 5.45. The van der Waals surface area contributed by atoms with E-state index in [1.165, 1.54) is 0 Å². The lowest BCUT2D eigenvalue weighted by Gasteiger charge is -2.07. The lowest BCUT2D eigenvalue weighted by molar-refractivity contribution is -0.134. The van der Waals surface area contributed by atoms with Gasteiger partial charge >= 0.3 is 5.97 Å². The molecule has 3 aromatic rings. The van der Waals surface area contributed by atoms with Crippen molar-refractivity contribution in [3.8, 4) is 5.75 Å². The maximum absolute atomic E-state index is 12.5. The highest BCUT2D eigenvalue weighted by Crippen LogP contribution is 2.30. The van der Waals surface area contributed by atoms with Crippen LogP contribution in [0.15, 0.2) is 70.4 Å². The SMILES string of the molecule is CCOC(=O)C(C=C(c1cccs1)c1cccs1)=NCc1ccc(OC)cc1. The largest absolute Gasteiger partial charge is 0.497 e. The summed E-state index contributed by atoms with van der Waals surface area (Å²) in [7, 11) is 1.63. The van der Waals surface area contributed by atoms with Gasteiger partial charge in [-0.3, -0.25) is 4.99 Å². The van der Waals surface area contributed by atoms with Gasteiger partial charge in [0.15, 0.2) is 0 Å². The zero-order valence-electron chi connectivity index (χ0n) is 15.8. The molecule has 0 N–H and O–H groups in total. The van der Waals surface area contributed by atoms with Crippen LogP contribution < -0.4 is 4.74 Å². The molecule has 0 spiro atoms. The van der Waals surface area contributed by atoms with E-state index in [1.807, 2.05) is 65.4 Å². The number of esters is 1. The van der Waals surface area contributed by atoms with Gasteiger partial charge in [-0.15, -0.1) is 22.7 Å². The molecule has 0 unspecified atom stereocenters. The lowest BCUT2D eigenvalue weighted by Crippen LogP contribution is -2.16. The first-order chi connectivity index (χ1) is 13.7. The molecule has 144 valence electrons. The molecule has 0 atom stereocenters. The minimum Gasteiger partial charge on any atom is -0.497 e. The van der Waals surface area contributed by atoms with Gasteiger partial charge < -0.3 is 9.47 Å². The Balaban J connectivity index is 1.95. The van der Waals surface area contributed by atoms with Crippen LogP contribution in [0.5, 0.6) is 5.75 Å². The molecule has 2 heterocycles. The van der Waals surface area contributed by atoms with Crippen molar-refractivity contribution in [3.63, 3.8) is 0 Å². The van der Waals surface area contributed by atoms with Crippen LogP contribution >= 0.6 is 22.7 Å². The summed E-state index contributed by atoms with van der Waals surface area (Å²) in [6.45, 7) is 2.49. The number of carbonyl (C=O) groups excluding carboxylic acids is 1. The zero-order chi connectivity index (χ0) is 19.8. The van der Waals surface area contributed by atoms with Crippen molar-refractivity contribution in [2.75, 3.05) is 13.7 Å². The zero-order valence-corrected chi connectivity index (χ0v) is 17.4. The lowest BCUT2D eigenvalue weighted by atomic mass is 10.1. The first-order valence-corrected chi connectivity index (χ1v) is 10.6. The third-order valence-corrected chi connectivity index (χ3v) is 5.74.